The van der Waals surface area contributed by atoms with Crippen LogP contribution < -0.4 is 10.1 Å². The minimum Gasteiger partial charge on any atom is -0.339 e. The molecule has 8 heteroatoms. The highest BCUT2D eigenvalue weighted by Crippen LogP contribution is 2.26. The minimum absolute atomic E-state index is 0.295. The lowest BCUT2D eigenvalue weighted by Crippen LogP contribution is -2.15. The topological polar surface area (TPSA) is 75.1 Å². The largest absolute Gasteiger partial charge is 0.339 e. The lowest BCUT2D eigenvalue weighted by Gasteiger charge is -2.09. The second kappa shape index (κ2) is 9.62. The lowest BCUT2D eigenvalue weighted by molar-refractivity contribution is 0.102. The summed E-state index contributed by atoms with van der Waals surface area (Å²) in [5.41, 5.74) is 5.18. The molecule has 5 aromatic rings. The number of carbonyl (C=O) groups excluding carboxylic acids is 1. The highest BCUT2D eigenvalue weighted by Gasteiger charge is 2.16. The van der Waals surface area contributed by atoms with E-state index in [1.807, 2.05) is 73.7 Å². The van der Waals surface area contributed by atoms with Crippen molar-refractivity contribution in [2.24, 2.45) is 4.99 Å². The molecule has 2 N–H and O–H groups in total. The van der Waals surface area contributed by atoms with Crippen molar-refractivity contribution in [1.29, 1.82) is 0 Å². The van der Waals surface area contributed by atoms with Crippen molar-refractivity contribution in [2.45, 2.75) is 6.92 Å². The first kappa shape index (κ1) is 22.1. The van der Waals surface area contributed by atoms with Gasteiger partial charge in [-0.1, -0.05) is 64.0 Å². The third-order valence-electron chi connectivity index (χ3n) is 5.22. The maximum atomic E-state index is 12.9. The average Bonchev–Trinajstić information content (AvgIpc) is 3.49. The number of para-hydroxylation sites is 1. The van der Waals surface area contributed by atoms with Crippen LogP contribution in [0.25, 0.3) is 16.9 Å². The van der Waals surface area contributed by atoms with E-state index in [2.05, 4.69) is 53.3 Å². The minimum atomic E-state index is -0.295. The monoisotopic (exact) mass is 529 g/mol. The molecule has 0 unspecified atom stereocenters. The second-order valence-electron chi connectivity index (χ2n) is 7.61. The molecule has 0 spiro atoms. The van der Waals surface area contributed by atoms with Gasteiger partial charge >= 0.3 is 0 Å². The van der Waals surface area contributed by atoms with Crippen LogP contribution in [0.4, 0.5) is 11.5 Å². The van der Waals surface area contributed by atoms with Crippen LogP contribution in [0.15, 0.2) is 100 Å². The predicted octanol–water partition coefficient (Wildman–Crippen LogP) is 6.48. The molecule has 2 heterocycles. The van der Waals surface area contributed by atoms with E-state index in [0.717, 1.165) is 27.0 Å². The van der Waals surface area contributed by atoms with Crippen molar-refractivity contribution >= 4 is 44.7 Å². The summed E-state index contributed by atoms with van der Waals surface area (Å²) in [6.45, 7) is 2.00. The van der Waals surface area contributed by atoms with Crippen molar-refractivity contribution in [1.82, 2.24) is 14.5 Å². The Kier molecular flexibility index (Phi) is 6.24. The first-order chi connectivity index (χ1) is 16.6. The van der Waals surface area contributed by atoms with Gasteiger partial charge in [-0.15, -0.1) is 11.3 Å². The van der Waals surface area contributed by atoms with Crippen LogP contribution in [0, 0.1) is 6.92 Å². The zero-order valence-electron chi connectivity index (χ0n) is 18.2. The quantitative estimate of drug-likeness (QED) is 0.273. The molecule has 0 bridgehead atoms. The number of nitrogens with zero attached hydrogens (tertiary/aromatic N) is 3. The number of benzene rings is 3. The summed E-state index contributed by atoms with van der Waals surface area (Å²) in [4.78, 5) is 25.7. The molecule has 0 aliphatic rings. The van der Waals surface area contributed by atoms with Gasteiger partial charge in [0.1, 0.15) is 0 Å². The van der Waals surface area contributed by atoms with Crippen molar-refractivity contribution in [3.05, 3.63) is 111 Å². The zero-order chi connectivity index (χ0) is 23.5. The number of aromatic nitrogens is 3. The van der Waals surface area contributed by atoms with Gasteiger partial charge in [-0.3, -0.25) is 9.36 Å². The van der Waals surface area contributed by atoms with E-state index >= 15 is 0 Å². The van der Waals surface area contributed by atoms with E-state index in [9.17, 15) is 4.79 Å². The van der Waals surface area contributed by atoms with Gasteiger partial charge in [0.2, 0.25) is 0 Å². The Balaban J connectivity index is 1.57. The number of aryl methyl sites for hydroxylation is 1. The molecule has 0 saturated carbocycles. The van der Waals surface area contributed by atoms with Crippen molar-refractivity contribution in [2.75, 3.05) is 5.32 Å². The molecular weight excluding hydrogens is 510 g/mol. The van der Waals surface area contributed by atoms with Crippen LogP contribution in [0.1, 0.15) is 16.1 Å². The van der Waals surface area contributed by atoms with Crippen LogP contribution in [-0.4, -0.2) is 20.4 Å². The van der Waals surface area contributed by atoms with Crippen LogP contribution in [0.5, 0.6) is 0 Å². The van der Waals surface area contributed by atoms with Gasteiger partial charge in [0, 0.05) is 21.2 Å². The molecular formula is C26H20BrN5OS. The number of hydrogen-bond donors (Lipinski definition) is 2. The van der Waals surface area contributed by atoms with Crippen molar-refractivity contribution in [3.63, 3.8) is 0 Å². The maximum Gasteiger partial charge on any atom is 0.276 e. The summed E-state index contributed by atoms with van der Waals surface area (Å²) in [5, 5.41) is 4.97. The Morgan fingerprint density at radius 2 is 1.76 bits per heavy atom. The number of amides is 1. The lowest BCUT2D eigenvalue weighted by atomic mass is 10.1. The van der Waals surface area contributed by atoms with Crippen molar-refractivity contribution < 1.29 is 4.79 Å². The normalized spacial score (nSPS) is 11.5. The summed E-state index contributed by atoms with van der Waals surface area (Å²) in [5.74, 6) is 0.0366. The molecule has 0 fully saturated rings. The molecule has 6 nitrogen and oxygen atoms in total. The summed E-state index contributed by atoms with van der Waals surface area (Å²) in [6, 6.07) is 25.8. The molecule has 168 valence electrons. The Morgan fingerprint density at radius 1 is 1.03 bits per heavy atom. The smallest absolute Gasteiger partial charge is 0.276 e. The average molecular weight is 530 g/mol. The number of thiazole rings is 1. The third-order valence-corrected chi connectivity index (χ3v) is 6.57. The van der Waals surface area contributed by atoms with Crippen LogP contribution in [-0.2, 0) is 0 Å². The number of hydrogen-bond acceptors (Lipinski definition) is 4. The van der Waals surface area contributed by atoms with Gasteiger partial charge in [-0.25, -0.2) is 4.98 Å². The molecule has 1 amide bonds. The number of carbonyl (C=O) groups is 1. The molecule has 0 saturated heterocycles. The number of H-pyrrole nitrogens is 1. The maximum absolute atomic E-state index is 12.9. The number of nitrogens with one attached hydrogen (secondary N) is 2. The highest BCUT2D eigenvalue weighted by atomic mass is 79.9. The van der Waals surface area contributed by atoms with Crippen LogP contribution in [0.2, 0.25) is 0 Å². The Morgan fingerprint density at radius 3 is 2.50 bits per heavy atom. The number of anilines is 1. The summed E-state index contributed by atoms with van der Waals surface area (Å²) >= 11 is 5.00. The summed E-state index contributed by atoms with van der Waals surface area (Å²) in [7, 11) is 0. The number of imidazole rings is 1. The molecule has 0 atom stereocenters. The molecule has 0 aliphatic heterocycles. The Labute approximate surface area is 208 Å². The highest BCUT2D eigenvalue weighted by molar-refractivity contribution is 9.10. The van der Waals surface area contributed by atoms with Gasteiger partial charge in [0.05, 0.1) is 12.0 Å². The SMILES string of the molecule is Cc1ccc(NC(=O)c2[nH]cnc2N=c2scc(-c3ccc(Br)cc3)n2-c2ccccc2)cc1. The van der Waals surface area contributed by atoms with E-state index < -0.39 is 0 Å². The Hall–Kier alpha value is -3.75. The van der Waals surface area contributed by atoms with Crippen LogP contribution in [0.3, 0.4) is 0 Å². The summed E-state index contributed by atoms with van der Waals surface area (Å²) in [6.07, 6.45) is 1.49. The first-order valence-electron chi connectivity index (χ1n) is 10.6. The number of halogens is 1. The van der Waals surface area contributed by atoms with Gasteiger partial charge < -0.3 is 10.3 Å². The predicted molar refractivity (Wildman–Crippen MR) is 140 cm³/mol. The molecule has 5 rings (SSSR count). The van der Waals surface area contributed by atoms with E-state index in [1.54, 1.807) is 0 Å². The van der Waals surface area contributed by atoms with E-state index in [-0.39, 0.29) is 5.91 Å². The molecule has 0 aliphatic carbocycles. The molecule has 34 heavy (non-hydrogen) atoms. The van der Waals surface area contributed by atoms with E-state index in [1.165, 1.54) is 17.7 Å². The van der Waals surface area contributed by atoms with E-state index in [4.69, 9.17) is 4.99 Å². The summed E-state index contributed by atoms with van der Waals surface area (Å²) < 4.78 is 3.09. The molecule has 2 aromatic heterocycles. The van der Waals surface area contributed by atoms with Gasteiger partial charge in [0.15, 0.2) is 16.3 Å². The zero-order valence-corrected chi connectivity index (χ0v) is 20.6. The fourth-order valence-corrected chi connectivity index (χ4v) is 4.67. The standard InChI is InChI=1S/C26H20BrN5OS/c1-17-7-13-20(14-8-17)30-25(33)23-24(29-16-28-23)31-26-32(21-5-3-2-4-6-21)22(15-34-26)18-9-11-19(27)12-10-18/h2-16H,1H3,(H,28,29)(H,30,33). The fourth-order valence-electron chi connectivity index (χ4n) is 3.50. The van der Waals surface area contributed by atoms with Gasteiger partial charge in [-0.05, 0) is 48.9 Å². The number of rotatable bonds is 5. The first-order valence-corrected chi connectivity index (χ1v) is 12.2. The Bertz CT molecular complexity index is 1500. The molecule has 0 radical (unpaired) electrons. The number of aromatic amines is 1. The molecule has 3 aromatic carbocycles. The van der Waals surface area contributed by atoms with E-state index in [0.29, 0.717) is 22.0 Å². The van der Waals surface area contributed by atoms with Gasteiger partial charge in [-0.2, -0.15) is 4.99 Å². The van der Waals surface area contributed by atoms with Gasteiger partial charge in [0.25, 0.3) is 5.91 Å². The van der Waals surface area contributed by atoms with Crippen LogP contribution >= 0.6 is 27.3 Å². The second-order valence-corrected chi connectivity index (χ2v) is 9.37. The fraction of sp³-hybridized carbons (Fsp3) is 0.0385. The van der Waals surface area contributed by atoms with Crippen molar-refractivity contribution in [3.8, 4) is 16.9 Å². The third kappa shape index (κ3) is 4.64.